The zero-order chi connectivity index (χ0) is 27.6. The zero-order valence-corrected chi connectivity index (χ0v) is 21.9. The first-order valence-electron chi connectivity index (χ1n) is 10.2. The fourth-order valence-electron chi connectivity index (χ4n) is 2.55. The summed E-state index contributed by atoms with van der Waals surface area (Å²) in [6.07, 6.45) is -2.21. The highest BCUT2D eigenvalue weighted by Gasteiger charge is 2.39. The summed E-state index contributed by atoms with van der Waals surface area (Å²) >= 11 is 4.58. The van der Waals surface area contributed by atoms with Gasteiger partial charge in [0.2, 0.25) is 5.91 Å². The van der Waals surface area contributed by atoms with Gasteiger partial charge in [-0.25, -0.2) is 8.78 Å². The summed E-state index contributed by atoms with van der Waals surface area (Å²) < 4.78 is 63.4. The van der Waals surface area contributed by atoms with Crippen LogP contribution in [0.1, 0.15) is 12.1 Å². The number of rotatable bonds is 9. The highest BCUT2D eigenvalue weighted by atomic mass is 79.9. The van der Waals surface area contributed by atoms with Crippen LogP contribution < -0.4 is 10.6 Å². The van der Waals surface area contributed by atoms with E-state index in [0.717, 1.165) is 23.8 Å². The molecule has 0 bridgehead atoms. The molecule has 13 heteroatoms. The van der Waals surface area contributed by atoms with Gasteiger partial charge in [0.1, 0.15) is 18.1 Å². The molecule has 0 radical (unpaired) electrons. The van der Waals surface area contributed by atoms with Crippen molar-refractivity contribution < 1.29 is 36.6 Å². The van der Waals surface area contributed by atoms with Gasteiger partial charge < -0.3 is 15.7 Å². The number of thioether (sulfide) groups is 1. The first kappa shape index (κ1) is 33.7. The molecule has 0 aliphatic heterocycles. The summed E-state index contributed by atoms with van der Waals surface area (Å²) in [5.41, 5.74) is -0.0266. The zero-order valence-electron chi connectivity index (χ0n) is 19.5. The summed E-state index contributed by atoms with van der Waals surface area (Å²) in [7, 11) is 1.15. The molecule has 0 fully saturated rings. The van der Waals surface area contributed by atoms with Crippen molar-refractivity contribution in [3.05, 3.63) is 70.2 Å². The number of carbonyl (C=O) groups is 2. The predicted octanol–water partition coefficient (Wildman–Crippen LogP) is 4.55. The Balaban J connectivity index is 0.00000102. The maximum Gasteiger partial charge on any atom is 0.404 e. The number of benzene rings is 1. The maximum atomic E-state index is 13.1. The second kappa shape index (κ2) is 18.9. The van der Waals surface area contributed by atoms with E-state index >= 15 is 0 Å². The quantitative estimate of drug-likeness (QED) is 0.223. The number of nitrogens with zero attached hydrogens (tertiary/aromatic N) is 1. The van der Waals surface area contributed by atoms with Gasteiger partial charge in [0.25, 0.3) is 0 Å². The minimum Gasteiger partial charge on any atom is -0.366 e. The number of carbonyl (C=O) groups excluding carboxylic acids is 2. The molecule has 36 heavy (non-hydrogen) atoms. The van der Waals surface area contributed by atoms with Crippen LogP contribution in [0, 0.1) is 5.82 Å². The Morgan fingerprint density at radius 1 is 1.22 bits per heavy atom. The van der Waals surface area contributed by atoms with Crippen LogP contribution in [0.2, 0.25) is 0 Å². The number of hydrogen-bond donors (Lipinski definition) is 3. The van der Waals surface area contributed by atoms with E-state index in [0.29, 0.717) is 6.29 Å². The molecule has 2 aromatic rings. The van der Waals surface area contributed by atoms with Gasteiger partial charge in [-0.3, -0.25) is 14.6 Å². The predicted molar refractivity (Wildman–Crippen MR) is 134 cm³/mol. The minimum atomic E-state index is -4.56. The average Bonchev–Trinajstić information content (AvgIpc) is 2.83. The average molecular weight is 600 g/mol. The molecule has 1 atom stereocenters. The lowest BCUT2D eigenvalue weighted by molar-refractivity contribution is -0.153. The van der Waals surface area contributed by atoms with Crippen molar-refractivity contribution >= 4 is 45.5 Å². The lowest BCUT2D eigenvalue weighted by Crippen LogP contribution is -2.40. The van der Waals surface area contributed by atoms with Crippen LogP contribution in [0.15, 0.2) is 58.7 Å². The van der Waals surface area contributed by atoms with Crippen LogP contribution >= 0.6 is 27.7 Å². The Morgan fingerprint density at radius 3 is 2.22 bits per heavy atom. The summed E-state index contributed by atoms with van der Waals surface area (Å²) in [5.74, 6) is -0.864. The molecule has 1 aromatic heterocycles. The Labute approximate surface area is 218 Å². The first-order valence-corrected chi connectivity index (χ1v) is 12.4. The van der Waals surface area contributed by atoms with Crippen molar-refractivity contribution in [3.63, 3.8) is 0 Å². The summed E-state index contributed by atoms with van der Waals surface area (Å²) in [6, 6.07) is 10.3. The molecule has 0 unspecified atom stereocenters. The van der Waals surface area contributed by atoms with Crippen LogP contribution in [0.5, 0.6) is 0 Å². The molecule has 0 aliphatic rings. The van der Waals surface area contributed by atoms with E-state index in [9.17, 15) is 31.5 Å². The topological polar surface area (TPSA) is 91.3 Å². The monoisotopic (exact) mass is 599 g/mol. The van der Waals surface area contributed by atoms with Crippen molar-refractivity contribution in [2.24, 2.45) is 0 Å². The van der Waals surface area contributed by atoms with Crippen LogP contribution in [-0.4, -0.2) is 67.0 Å². The van der Waals surface area contributed by atoms with Crippen LogP contribution in [0.4, 0.5) is 22.0 Å². The van der Waals surface area contributed by atoms with Crippen molar-refractivity contribution in [2.75, 3.05) is 32.5 Å². The molecule has 0 saturated carbocycles. The van der Waals surface area contributed by atoms with Crippen molar-refractivity contribution in [2.45, 2.75) is 18.6 Å². The fourth-order valence-corrected chi connectivity index (χ4v) is 3.22. The van der Waals surface area contributed by atoms with Crippen molar-refractivity contribution in [3.8, 4) is 0 Å². The Kier molecular flexibility index (Phi) is 17.6. The number of aliphatic hydroxyl groups is 1. The molecule has 200 valence electrons. The van der Waals surface area contributed by atoms with E-state index in [4.69, 9.17) is 5.11 Å². The second-order valence-corrected chi connectivity index (χ2v) is 8.48. The molecule has 0 aliphatic carbocycles. The highest BCUT2D eigenvalue weighted by molar-refractivity contribution is 9.10. The summed E-state index contributed by atoms with van der Waals surface area (Å²) in [4.78, 5) is 26.8. The largest absolute Gasteiger partial charge is 0.404 e. The lowest BCUT2D eigenvalue weighted by Gasteiger charge is -2.22. The molecule has 3 N–H and O–H groups in total. The van der Waals surface area contributed by atoms with E-state index < -0.39 is 31.3 Å². The normalized spacial score (nSPS) is 12.1. The second-order valence-electron chi connectivity index (χ2n) is 6.70. The Hall–Kier alpha value is -2.35. The lowest BCUT2D eigenvalue weighted by atomic mass is 9.97. The third-order valence-corrected chi connectivity index (χ3v) is 5.28. The number of aldehydes is 1. The molecule has 0 saturated heterocycles. The third kappa shape index (κ3) is 14.3. The number of amides is 1. The summed E-state index contributed by atoms with van der Waals surface area (Å²) in [5, 5.41) is 11.5. The first-order chi connectivity index (χ1) is 17.0. The SMILES string of the molecule is Brc1ccccc1.CN[C@H](C/C(=C(\C=O)CNC(=O)CSC)c1ccc(F)cn1)C(F)(F)F.OCF. The number of hydrogen-bond acceptors (Lipinski definition) is 6. The minimum absolute atomic E-state index is 0.0128. The number of nitrogens with one attached hydrogen (secondary N) is 2. The van der Waals surface area contributed by atoms with Gasteiger partial charge in [0.05, 0.1) is 17.6 Å². The molecule has 1 aromatic carbocycles. The standard InChI is InChI=1S/C16H19F4N3O2S.C6H5Br.CH3FO/c1-21-14(16(18,19)20)5-12(13-4-3-11(17)7-22-13)10(8-24)6-23-15(25)9-26-2;7-6-4-2-1-3-5-6;2-1-3/h3-4,7-8,14,21H,5-6,9H2,1-2H3,(H,23,25);1-5H;3H,1H2/b12-10+;;/t14-;;/m1../s1. The van der Waals surface area contributed by atoms with Gasteiger partial charge in [-0.1, -0.05) is 34.1 Å². The number of pyridine rings is 1. The van der Waals surface area contributed by atoms with E-state index in [1.807, 2.05) is 30.3 Å². The molecule has 1 amide bonds. The Bertz CT molecular complexity index is 933. The van der Waals surface area contributed by atoms with Crippen molar-refractivity contribution in [1.29, 1.82) is 0 Å². The van der Waals surface area contributed by atoms with Gasteiger partial charge in [-0.15, -0.1) is 0 Å². The Morgan fingerprint density at radius 2 is 1.83 bits per heavy atom. The van der Waals surface area contributed by atoms with Gasteiger partial charge in [0, 0.05) is 16.6 Å². The molecule has 6 nitrogen and oxygen atoms in total. The molecular weight excluding hydrogens is 573 g/mol. The van der Waals surface area contributed by atoms with Crippen LogP contribution in [-0.2, 0) is 9.59 Å². The third-order valence-electron chi connectivity index (χ3n) is 4.20. The van der Waals surface area contributed by atoms with E-state index in [1.165, 1.54) is 17.8 Å². The number of halogens is 6. The van der Waals surface area contributed by atoms with E-state index in [1.54, 1.807) is 6.26 Å². The molecular formula is C23H27BrF5N3O3S. The smallest absolute Gasteiger partial charge is 0.366 e. The maximum absolute atomic E-state index is 13.1. The van der Waals surface area contributed by atoms with E-state index in [-0.39, 0.29) is 35.0 Å². The molecule has 0 spiro atoms. The molecule has 2 rings (SSSR count). The number of alkyl halides is 4. The van der Waals surface area contributed by atoms with Crippen LogP contribution in [0.3, 0.4) is 0 Å². The highest BCUT2D eigenvalue weighted by Crippen LogP contribution is 2.30. The molecule has 1 heterocycles. The fraction of sp³-hybridized carbons (Fsp3) is 0.348. The number of aliphatic hydroxyl groups excluding tert-OH is 1. The van der Waals surface area contributed by atoms with Crippen molar-refractivity contribution in [1.82, 2.24) is 15.6 Å². The van der Waals surface area contributed by atoms with E-state index in [2.05, 4.69) is 31.5 Å². The number of aromatic nitrogens is 1. The van der Waals surface area contributed by atoms with Gasteiger partial charge in [-0.2, -0.15) is 24.9 Å². The van der Waals surface area contributed by atoms with Gasteiger partial charge >= 0.3 is 6.18 Å². The van der Waals surface area contributed by atoms with Gasteiger partial charge in [0.15, 0.2) is 6.86 Å². The van der Waals surface area contributed by atoms with Crippen LogP contribution in [0.25, 0.3) is 5.57 Å². The summed E-state index contributed by atoms with van der Waals surface area (Å²) in [6.45, 7) is -1.49. The van der Waals surface area contributed by atoms with Gasteiger partial charge in [-0.05, 0) is 49.6 Å².